The zero-order chi connectivity index (χ0) is 9.80. The summed E-state index contributed by atoms with van der Waals surface area (Å²) in [4.78, 5) is 0. The van der Waals surface area contributed by atoms with Gasteiger partial charge in [0.15, 0.2) is 0 Å². The van der Waals surface area contributed by atoms with Crippen molar-refractivity contribution in [3.8, 4) is 0 Å². The van der Waals surface area contributed by atoms with Crippen molar-refractivity contribution in [2.45, 2.75) is 57.5 Å². The monoisotopic (exact) mass is 196 g/mol. The first-order chi connectivity index (χ1) is 6.86. The third-order valence-corrected chi connectivity index (χ3v) is 3.90. The van der Waals surface area contributed by atoms with Crippen LogP contribution in [0.15, 0.2) is 0 Å². The first-order valence-electron chi connectivity index (χ1n) is 6.33. The van der Waals surface area contributed by atoms with E-state index in [1.54, 1.807) is 0 Å². The quantitative estimate of drug-likeness (QED) is 0.705. The maximum absolute atomic E-state index is 3.87. The summed E-state index contributed by atoms with van der Waals surface area (Å²) in [6.45, 7) is 4.83. The van der Waals surface area contributed by atoms with Crippen LogP contribution in [0.3, 0.4) is 0 Å². The summed E-state index contributed by atoms with van der Waals surface area (Å²) in [7, 11) is 0. The Hall–Kier alpha value is -0.0800. The van der Waals surface area contributed by atoms with E-state index in [-0.39, 0.29) is 0 Å². The molecule has 2 rings (SSSR count). The first kappa shape index (κ1) is 10.4. The molecule has 1 saturated carbocycles. The minimum atomic E-state index is 0.793. The van der Waals surface area contributed by atoms with Crippen LogP contribution in [0.5, 0.6) is 0 Å². The highest BCUT2D eigenvalue weighted by molar-refractivity contribution is 4.83. The summed E-state index contributed by atoms with van der Waals surface area (Å²) >= 11 is 0. The number of piperidine rings is 1. The van der Waals surface area contributed by atoms with E-state index in [0.717, 1.165) is 18.0 Å². The Morgan fingerprint density at radius 1 is 1.00 bits per heavy atom. The Balaban J connectivity index is 1.76. The number of rotatable bonds is 2. The van der Waals surface area contributed by atoms with E-state index in [2.05, 4.69) is 17.6 Å². The fourth-order valence-electron chi connectivity index (χ4n) is 2.86. The van der Waals surface area contributed by atoms with Gasteiger partial charge in [-0.2, -0.15) is 0 Å². The van der Waals surface area contributed by atoms with Gasteiger partial charge in [-0.15, -0.1) is 0 Å². The molecular formula is C12H24N2. The molecule has 0 aromatic carbocycles. The van der Waals surface area contributed by atoms with E-state index in [1.165, 1.54) is 51.6 Å². The van der Waals surface area contributed by atoms with Crippen molar-refractivity contribution in [3.05, 3.63) is 0 Å². The summed E-state index contributed by atoms with van der Waals surface area (Å²) in [6.07, 6.45) is 8.37. The molecule has 0 spiro atoms. The molecule has 1 aliphatic heterocycles. The molecule has 1 heterocycles. The molecule has 0 amide bonds. The fourth-order valence-corrected chi connectivity index (χ4v) is 2.86. The van der Waals surface area contributed by atoms with Gasteiger partial charge in [0, 0.05) is 12.1 Å². The maximum Gasteiger partial charge on any atom is 0.00953 e. The van der Waals surface area contributed by atoms with Crippen LogP contribution >= 0.6 is 0 Å². The van der Waals surface area contributed by atoms with E-state index >= 15 is 0 Å². The summed E-state index contributed by atoms with van der Waals surface area (Å²) in [6, 6.07) is 1.61. The topological polar surface area (TPSA) is 24.1 Å². The molecule has 0 bridgehead atoms. The number of hydrogen-bond donors (Lipinski definition) is 2. The van der Waals surface area contributed by atoms with Crippen molar-refractivity contribution < 1.29 is 0 Å². The Kier molecular flexibility index (Phi) is 3.82. The molecule has 82 valence electrons. The smallest absolute Gasteiger partial charge is 0.00953 e. The maximum atomic E-state index is 3.87. The van der Waals surface area contributed by atoms with Crippen LogP contribution in [-0.4, -0.2) is 25.2 Å². The van der Waals surface area contributed by atoms with Crippen molar-refractivity contribution in [1.82, 2.24) is 10.6 Å². The highest BCUT2D eigenvalue weighted by Gasteiger charge is 2.24. The van der Waals surface area contributed by atoms with Crippen molar-refractivity contribution >= 4 is 0 Å². The van der Waals surface area contributed by atoms with Crippen LogP contribution in [-0.2, 0) is 0 Å². The third-order valence-electron chi connectivity index (χ3n) is 3.90. The van der Waals surface area contributed by atoms with E-state index < -0.39 is 0 Å². The summed E-state index contributed by atoms with van der Waals surface area (Å²) in [5, 5.41) is 7.29. The molecule has 0 radical (unpaired) electrons. The lowest BCUT2D eigenvalue weighted by Crippen LogP contribution is -2.47. The molecule has 1 saturated heterocycles. The number of hydrogen-bond acceptors (Lipinski definition) is 2. The largest absolute Gasteiger partial charge is 0.317 e. The van der Waals surface area contributed by atoms with Gasteiger partial charge in [0.1, 0.15) is 0 Å². The molecule has 2 fully saturated rings. The highest BCUT2D eigenvalue weighted by Crippen LogP contribution is 2.24. The van der Waals surface area contributed by atoms with Crippen molar-refractivity contribution in [2.24, 2.45) is 5.92 Å². The molecule has 0 aromatic rings. The minimum absolute atomic E-state index is 0.793. The minimum Gasteiger partial charge on any atom is -0.317 e. The fraction of sp³-hybridized carbons (Fsp3) is 1.00. The van der Waals surface area contributed by atoms with E-state index in [0.29, 0.717) is 0 Å². The lowest BCUT2D eigenvalue weighted by molar-refractivity contribution is 0.239. The molecule has 14 heavy (non-hydrogen) atoms. The molecular weight excluding hydrogens is 172 g/mol. The number of nitrogens with one attached hydrogen (secondary N) is 2. The van der Waals surface area contributed by atoms with E-state index in [9.17, 15) is 0 Å². The second-order valence-electron chi connectivity index (χ2n) is 5.06. The van der Waals surface area contributed by atoms with Gasteiger partial charge in [-0.3, -0.25) is 0 Å². The normalized spacial score (nSPS) is 35.8. The molecule has 1 aliphatic carbocycles. The van der Waals surface area contributed by atoms with Crippen molar-refractivity contribution in [3.63, 3.8) is 0 Å². The lowest BCUT2D eigenvalue weighted by atomic mass is 9.85. The zero-order valence-electron chi connectivity index (χ0n) is 9.39. The van der Waals surface area contributed by atoms with Crippen molar-refractivity contribution in [2.75, 3.05) is 13.1 Å². The van der Waals surface area contributed by atoms with Gasteiger partial charge in [-0.25, -0.2) is 0 Å². The summed E-state index contributed by atoms with van der Waals surface area (Å²) < 4.78 is 0. The van der Waals surface area contributed by atoms with Gasteiger partial charge in [0.25, 0.3) is 0 Å². The lowest BCUT2D eigenvalue weighted by Gasteiger charge is -2.35. The molecule has 2 atom stereocenters. The van der Waals surface area contributed by atoms with E-state index in [4.69, 9.17) is 0 Å². The van der Waals surface area contributed by atoms with Gasteiger partial charge in [-0.1, -0.05) is 19.8 Å². The predicted molar refractivity (Wildman–Crippen MR) is 60.4 cm³/mol. The van der Waals surface area contributed by atoms with E-state index in [1.807, 2.05) is 0 Å². The first-order valence-corrected chi connectivity index (χ1v) is 6.33. The van der Waals surface area contributed by atoms with Crippen LogP contribution in [0, 0.1) is 5.92 Å². The summed E-state index contributed by atoms with van der Waals surface area (Å²) in [5.74, 6) is 0.902. The van der Waals surface area contributed by atoms with Gasteiger partial charge >= 0.3 is 0 Å². The molecule has 2 heteroatoms. The van der Waals surface area contributed by atoms with Crippen LogP contribution in [0.25, 0.3) is 0 Å². The molecule has 2 nitrogen and oxygen atoms in total. The van der Waals surface area contributed by atoms with Gasteiger partial charge in [0.05, 0.1) is 0 Å². The SMILES string of the molecule is C[C@H]1CCCC[C@@H]1NC1CCNCC1. The Bertz CT molecular complexity index is 164. The predicted octanol–water partition coefficient (Wildman–Crippen LogP) is 1.91. The highest BCUT2D eigenvalue weighted by atomic mass is 15.0. The van der Waals surface area contributed by atoms with Gasteiger partial charge in [-0.05, 0) is 44.7 Å². The van der Waals surface area contributed by atoms with Crippen LogP contribution in [0.1, 0.15) is 45.4 Å². The Morgan fingerprint density at radius 2 is 1.71 bits per heavy atom. The third kappa shape index (κ3) is 2.71. The van der Waals surface area contributed by atoms with Crippen LogP contribution < -0.4 is 10.6 Å². The second kappa shape index (κ2) is 5.13. The Labute approximate surface area is 87.8 Å². The van der Waals surface area contributed by atoms with Crippen molar-refractivity contribution in [1.29, 1.82) is 0 Å². The van der Waals surface area contributed by atoms with Crippen LogP contribution in [0.4, 0.5) is 0 Å². The average Bonchev–Trinajstić information content (AvgIpc) is 2.23. The Morgan fingerprint density at radius 3 is 2.43 bits per heavy atom. The standard InChI is InChI=1S/C12H24N2/c1-10-4-2-3-5-12(10)14-11-6-8-13-9-7-11/h10-14H,2-9H2,1H3/t10-,12-/m0/s1. The zero-order valence-corrected chi connectivity index (χ0v) is 9.39. The second-order valence-corrected chi connectivity index (χ2v) is 5.06. The molecule has 0 unspecified atom stereocenters. The van der Waals surface area contributed by atoms with Gasteiger partial charge < -0.3 is 10.6 Å². The average molecular weight is 196 g/mol. The van der Waals surface area contributed by atoms with Gasteiger partial charge in [0.2, 0.25) is 0 Å². The molecule has 2 N–H and O–H groups in total. The molecule has 0 aromatic heterocycles. The summed E-state index contributed by atoms with van der Waals surface area (Å²) in [5.41, 5.74) is 0. The van der Waals surface area contributed by atoms with Crippen LogP contribution in [0.2, 0.25) is 0 Å². The molecule has 2 aliphatic rings.